The van der Waals surface area contributed by atoms with E-state index in [-0.39, 0.29) is 31.1 Å². The quantitative estimate of drug-likeness (QED) is 0.0261. The first-order chi connectivity index (χ1) is 37.0. The summed E-state index contributed by atoms with van der Waals surface area (Å²) in [6, 6.07) is 0. The molecule has 1 unspecified atom stereocenters. The molecular formula is C69H128O6. The lowest BCUT2D eigenvalue weighted by Gasteiger charge is -2.18. The van der Waals surface area contributed by atoms with Crippen molar-refractivity contribution >= 4 is 17.9 Å². The summed E-state index contributed by atoms with van der Waals surface area (Å²) in [6.07, 6.45) is 79.1. The fourth-order valence-corrected chi connectivity index (χ4v) is 10.1. The number of carbonyl (C=O) groups excluding carboxylic acids is 3. The molecule has 1 atom stereocenters. The Balaban J connectivity index is 4.00. The van der Waals surface area contributed by atoms with Crippen molar-refractivity contribution < 1.29 is 28.6 Å². The zero-order valence-corrected chi connectivity index (χ0v) is 50.6. The molecule has 0 N–H and O–H groups in total. The Bertz CT molecular complexity index is 1250. The molecule has 6 nitrogen and oxygen atoms in total. The lowest BCUT2D eigenvalue weighted by atomic mass is 10.0. The van der Waals surface area contributed by atoms with Gasteiger partial charge in [0, 0.05) is 19.3 Å². The van der Waals surface area contributed by atoms with Gasteiger partial charge in [0.1, 0.15) is 13.2 Å². The summed E-state index contributed by atoms with van der Waals surface area (Å²) in [4.78, 5) is 38.1. The molecule has 440 valence electrons. The van der Waals surface area contributed by atoms with E-state index in [0.29, 0.717) is 19.3 Å². The van der Waals surface area contributed by atoms with Crippen LogP contribution in [0.2, 0.25) is 0 Å². The molecule has 0 aromatic rings. The number of rotatable bonds is 62. The lowest BCUT2D eigenvalue weighted by molar-refractivity contribution is -0.167. The van der Waals surface area contributed by atoms with Crippen molar-refractivity contribution in [3.8, 4) is 0 Å². The van der Waals surface area contributed by atoms with Gasteiger partial charge in [-0.2, -0.15) is 0 Å². The molecule has 0 saturated carbocycles. The standard InChI is InChI=1S/C69H128O6/c1-4-7-10-13-16-19-21-23-25-26-27-28-29-30-31-32-33-34-35-36-37-38-39-40-41-42-44-45-47-50-53-56-59-62-68(71)74-65-66(64-73-67(70)61-58-55-52-49-18-15-12-9-6-3)75-69(72)63-60-57-54-51-48-46-43-24-22-20-17-14-11-8-5-2/h17,20,24,26-27,43,66H,4-16,18-19,21-23,25,28-42,44-65H2,1-3H3/b20-17-,27-26-,43-24-. The normalized spacial score (nSPS) is 12.2. The van der Waals surface area contributed by atoms with E-state index < -0.39 is 6.10 Å². The van der Waals surface area contributed by atoms with Gasteiger partial charge >= 0.3 is 17.9 Å². The summed E-state index contributed by atoms with van der Waals surface area (Å²) in [7, 11) is 0. The number of ether oxygens (including phenoxy) is 3. The van der Waals surface area contributed by atoms with E-state index in [2.05, 4.69) is 57.2 Å². The van der Waals surface area contributed by atoms with E-state index in [4.69, 9.17) is 14.2 Å². The minimum Gasteiger partial charge on any atom is -0.462 e. The number of esters is 3. The number of hydrogen-bond acceptors (Lipinski definition) is 6. The van der Waals surface area contributed by atoms with E-state index in [1.54, 1.807) is 0 Å². The molecule has 0 amide bonds. The molecule has 75 heavy (non-hydrogen) atoms. The Morgan fingerprint density at radius 2 is 0.480 bits per heavy atom. The zero-order valence-electron chi connectivity index (χ0n) is 50.6. The zero-order chi connectivity index (χ0) is 54.3. The van der Waals surface area contributed by atoms with E-state index in [0.717, 1.165) is 83.5 Å². The van der Waals surface area contributed by atoms with Crippen LogP contribution in [0.3, 0.4) is 0 Å². The Morgan fingerprint density at radius 1 is 0.267 bits per heavy atom. The van der Waals surface area contributed by atoms with Gasteiger partial charge in [-0.15, -0.1) is 0 Å². The Kier molecular flexibility index (Phi) is 62.1. The molecular weight excluding hydrogens is 925 g/mol. The molecule has 0 aliphatic rings. The molecule has 0 saturated heterocycles. The van der Waals surface area contributed by atoms with Crippen molar-refractivity contribution in [3.63, 3.8) is 0 Å². The maximum absolute atomic E-state index is 12.8. The molecule has 0 heterocycles. The summed E-state index contributed by atoms with van der Waals surface area (Å²) in [5.41, 5.74) is 0. The number of hydrogen-bond donors (Lipinski definition) is 0. The molecule has 0 aliphatic carbocycles. The maximum atomic E-state index is 12.8. The summed E-state index contributed by atoms with van der Waals surface area (Å²) in [6.45, 7) is 6.63. The second kappa shape index (κ2) is 64.2. The van der Waals surface area contributed by atoms with Gasteiger partial charge in [-0.1, -0.05) is 308 Å². The van der Waals surface area contributed by atoms with Crippen molar-refractivity contribution in [1.29, 1.82) is 0 Å². The van der Waals surface area contributed by atoms with Crippen molar-refractivity contribution in [2.24, 2.45) is 0 Å². The highest BCUT2D eigenvalue weighted by Crippen LogP contribution is 2.18. The van der Waals surface area contributed by atoms with Gasteiger partial charge in [-0.25, -0.2) is 0 Å². The van der Waals surface area contributed by atoms with Crippen molar-refractivity contribution in [3.05, 3.63) is 36.5 Å². The predicted octanol–water partition coefficient (Wildman–Crippen LogP) is 22.8. The largest absolute Gasteiger partial charge is 0.462 e. The van der Waals surface area contributed by atoms with Crippen LogP contribution in [0.15, 0.2) is 36.5 Å². The van der Waals surface area contributed by atoms with Crippen LogP contribution in [0.1, 0.15) is 367 Å². The second-order valence-corrected chi connectivity index (χ2v) is 22.7. The van der Waals surface area contributed by atoms with E-state index in [1.165, 1.54) is 244 Å². The average Bonchev–Trinajstić information content (AvgIpc) is 3.41. The fourth-order valence-electron chi connectivity index (χ4n) is 10.1. The van der Waals surface area contributed by atoms with Crippen LogP contribution in [0.25, 0.3) is 0 Å². The summed E-state index contributed by atoms with van der Waals surface area (Å²) in [5, 5.41) is 0. The predicted molar refractivity (Wildman–Crippen MR) is 326 cm³/mol. The highest BCUT2D eigenvalue weighted by molar-refractivity contribution is 5.71. The molecule has 0 bridgehead atoms. The Hall–Kier alpha value is -2.37. The topological polar surface area (TPSA) is 78.9 Å². The van der Waals surface area contributed by atoms with Crippen LogP contribution in [0, 0.1) is 0 Å². The van der Waals surface area contributed by atoms with Gasteiger partial charge in [-0.05, 0) is 77.0 Å². The van der Waals surface area contributed by atoms with Gasteiger partial charge in [0.05, 0.1) is 0 Å². The summed E-state index contributed by atoms with van der Waals surface area (Å²) in [5.74, 6) is -0.869. The van der Waals surface area contributed by atoms with Crippen LogP contribution in [-0.2, 0) is 28.6 Å². The lowest BCUT2D eigenvalue weighted by Crippen LogP contribution is -2.30. The molecule has 0 fully saturated rings. The average molecular weight is 1050 g/mol. The molecule has 0 aromatic carbocycles. The third-order valence-electron chi connectivity index (χ3n) is 15.1. The first kappa shape index (κ1) is 72.6. The number of carbonyl (C=O) groups is 3. The van der Waals surface area contributed by atoms with Crippen LogP contribution >= 0.6 is 0 Å². The molecule has 0 aromatic heterocycles. The number of allylic oxidation sites excluding steroid dienone is 6. The molecule has 0 rings (SSSR count). The molecule has 0 aliphatic heterocycles. The second-order valence-electron chi connectivity index (χ2n) is 22.7. The highest BCUT2D eigenvalue weighted by Gasteiger charge is 2.19. The van der Waals surface area contributed by atoms with E-state index in [9.17, 15) is 14.4 Å². The molecule has 6 heteroatoms. The van der Waals surface area contributed by atoms with Crippen molar-refractivity contribution in [1.82, 2.24) is 0 Å². The fraction of sp³-hybridized carbons (Fsp3) is 0.870. The van der Waals surface area contributed by atoms with E-state index in [1.807, 2.05) is 0 Å². The first-order valence-corrected chi connectivity index (χ1v) is 33.5. The number of unbranched alkanes of at least 4 members (excludes halogenated alkanes) is 45. The van der Waals surface area contributed by atoms with Crippen LogP contribution < -0.4 is 0 Å². The first-order valence-electron chi connectivity index (χ1n) is 33.5. The molecule has 0 spiro atoms. The third kappa shape index (κ3) is 62.4. The van der Waals surface area contributed by atoms with Gasteiger partial charge in [0.2, 0.25) is 0 Å². The Morgan fingerprint density at radius 3 is 0.773 bits per heavy atom. The molecule has 0 radical (unpaired) electrons. The van der Waals surface area contributed by atoms with Crippen molar-refractivity contribution in [2.75, 3.05) is 13.2 Å². The van der Waals surface area contributed by atoms with Crippen LogP contribution in [0.5, 0.6) is 0 Å². The van der Waals surface area contributed by atoms with Crippen LogP contribution in [0.4, 0.5) is 0 Å². The SMILES string of the molecule is CCCCC/C=C\C/C=C\CCCCCCCC(=O)OC(COC(=O)CCCCCCCCCCC)COC(=O)CCCCCCCCCCCCCCCCCCCCCCC/C=C\CCCCCCCCCC. The Labute approximate surface area is 467 Å². The van der Waals surface area contributed by atoms with Gasteiger partial charge in [0.25, 0.3) is 0 Å². The van der Waals surface area contributed by atoms with Gasteiger partial charge in [-0.3, -0.25) is 14.4 Å². The smallest absolute Gasteiger partial charge is 0.306 e. The minimum atomic E-state index is -0.775. The van der Waals surface area contributed by atoms with Crippen molar-refractivity contribution in [2.45, 2.75) is 374 Å². The van der Waals surface area contributed by atoms with Gasteiger partial charge in [0.15, 0.2) is 6.10 Å². The van der Waals surface area contributed by atoms with Crippen LogP contribution in [-0.4, -0.2) is 37.2 Å². The van der Waals surface area contributed by atoms with Gasteiger partial charge < -0.3 is 14.2 Å². The highest BCUT2D eigenvalue weighted by atomic mass is 16.6. The van der Waals surface area contributed by atoms with E-state index >= 15 is 0 Å². The maximum Gasteiger partial charge on any atom is 0.306 e. The minimum absolute atomic E-state index is 0.0730. The summed E-state index contributed by atoms with van der Waals surface area (Å²) >= 11 is 0. The third-order valence-corrected chi connectivity index (χ3v) is 15.1. The summed E-state index contributed by atoms with van der Waals surface area (Å²) < 4.78 is 16.9. The monoisotopic (exact) mass is 1050 g/mol.